The lowest BCUT2D eigenvalue weighted by molar-refractivity contribution is 0.0181. The molecule has 2 saturated heterocycles. The van der Waals surface area contributed by atoms with E-state index in [2.05, 4.69) is 35.9 Å². The zero-order valence-electron chi connectivity index (χ0n) is 12.2. The van der Waals surface area contributed by atoms with E-state index in [9.17, 15) is 0 Å². The number of hydrogen-bond acceptors (Lipinski definition) is 4. The van der Waals surface area contributed by atoms with Gasteiger partial charge in [-0.1, -0.05) is 6.92 Å². The molecule has 2 fully saturated rings. The number of ether oxygens (including phenoxy) is 1. The Hall–Kier alpha value is -0.160. The van der Waals surface area contributed by atoms with Crippen LogP contribution < -0.4 is 5.32 Å². The fraction of sp³-hybridized carbons (Fsp3) is 1.00. The third-order valence-corrected chi connectivity index (χ3v) is 4.08. The Balaban J connectivity index is 1.77. The fourth-order valence-electron chi connectivity index (χ4n) is 3.29. The standard InChI is InChI=1S/C14H29N3O/c1-4-15-14(2,3)12-16-6-5-13(11-16)17-7-9-18-10-8-17/h13,15H,4-12H2,1-3H3. The third kappa shape index (κ3) is 3.92. The van der Waals surface area contributed by atoms with Gasteiger partial charge in [0.1, 0.15) is 0 Å². The quantitative estimate of drug-likeness (QED) is 0.786. The van der Waals surface area contributed by atoms with E-state index in [1.165, 1.54) is 19.5 Å². The Kier molecular flexibility index (Phi) is 5.01. The van der Waals surface area contributed by atoms with Crippen LogP contribution in [0.4, 0.5) is 0 Å². The van der Waals surface area contributed by atoms with Crippen LogP contribution in [0, 0.1) is 0 Å². The molecular weight excluding hydrogens is 226 g/mol. The van der Waals surface area contributed by atoms with Crippen LogP contribution in [0.25, 0.3) is 0 Å². The molecule has 0 aliphatic carbocycles. The molecular formula is C14H29N3O. The number of nitrogens with zero attached hydrogens (tertiary/aromatic N) is 2. The van der Waals surface area contributed by atoms with Gasteiger partial charge in [0.25, 0.3) is 0 Å². The molecule has 2 aliphatic heterocycles. The van der Waals surface area contributed by atoms with Gasteiger partial charge < -0.3 is 10.1 Å². The van der Waals surface area contributed by atoms with E-state index in [0.29, 0.717) is 0 Å². The van der Waals surface area contributed by atoms with Crippen molar-refractivity contribution in [3.8, 4) is 0 Å². The van der Waals surface area contributed by atoms with Crippen molar-refractivity contribution in [1.82, 2.24) is 15.1 Å². The summed E-state index contributed by atoms with van der Waals surface area (Å²) < 4.78 is 5.43. The summed E-state index contributed by atoms with van der Waals surface area (Å²) in [6, 6.07) is 0.756. The second-order valence-corrected chi connectivity index (χ2v) is 6.24. The van der Waals surface area contributed by atoms with E-state index in [-0.39, 0.29) is 5.54 Å². The monoisotopic (exact) mass is 255 g/mol. The van der Waals surface area contributed by atoms with E-state index in [0.717, 1.165) is 45.4 Å². The van der Waals surface area contributed by atoms with Crippen molar-refractivity contribution < 1.29 is 4.74 Å². The summed E-state index contributed by atoms with van der Waals surface area (Å²) in [5, 5.41) is 3.57. The van der Waals surface area contributed by atoms with Crippen LogP contribution in [-0.2, 0) is 4.74 Å². The van der Waals surface area contributed by atoms with Gasteiger partial charge in [-0.3, -0.25) is 9.80 Å². The average Bonchev–Trinajstić information content (AvgIpc) is 2.77. The summed E-state index contributed by atoms with van der Waals surface area (Å²) in [5.41, 5.74) is 0.231. The van der Waals surface area contributed by atoms with Gasteiger partial charge in [-0.05, 0) is 33.4 Å². The Morgan fingerprint density at radius 3 is 2.61 bits per heavy atom. The number of rotatable bonds is 5. The van der Waals surface area contributed by atoms with E-state index < -0.39 is 0 Å². The molecule has 18 heavy (non-hydrogen) atoms. The van der Waals surface area contributed by atoms with Crippen LogP contribution in [0.5, 0.6) is 0 Å². The van der Waals surface area contributed by atoms with Gasteiger partial charge in [0, 0.05) is 37.8 Å². The van der Waals surface area contributed by atoms with Crippen LogP contribution in [0.1, 0.15) is 27.2 Å². The highest BCUT2D eigenvalue weighted by Crippen LogP contribution is 2.19. The van der Waals surface area contributed by atoms with Gasteiger partial charge in [0.05, 0.1) is 13.2 Å². The number of likely N-dealkylation sites (tertiary alicyclic amines) is 1. The molecule has 0 spiro atoms. The Morgan fingerprint density at radius 1 is 1.22 bits per heavy atom. The van der Waals surface area contributed by atoms with Gasteiger partial charge in [0.2, 0.25) is 0 Å². The predicted octanol–water partition coefficient (Wildman–Crippen LogP) is 0.781. The van der Waals surface area contributed by atoms with Crippen molar-refractivity contribution in [3.05, 3.63) is 0 Å². The number of nitrogens with one attached hydrogen (secondary N) is 1. The molecule has 1 unspecified atom stereocenters. The summed E-state index contributed by atoms with van der Waals surface area (Å²) in [4.78, 5) is 5.23. The lowest BCUT2D eigenvalue weighted by Crippen LogP contribution is -2.50. The molecule has 0 aromatic rings. The first kappa shape index (κ1) is 14.3. The SMILES string of the molecule is CCNC(C)(C)CN1CCC(N2CCOCC2)C1. The van der Waals surface area contributed by atoms with Gasteiger partial charge in [-0.25, -0.2) is 0 Å². The van der Waals surface area contributed by atoms with Gasteiger partial charge in [-0.2, -0.15) is 0 Å². The summed E-state index contributed by atoms with van der Waals surface area (Å²) in [6.07, 6.45) is 1.32. The van der Waals surface area contributed by atoms with E-state index in [1.54, 1.807) is 0 Å². The second kappa shape index (κ2) is 6.33. The zero-order chi connectivity index (χ0) is 13.0. The first-order valence-electron chi connectivity index (χ1n) is 7.40. The van der Waals surface area contributed by atoms with E-state index in [1.807, 2.05) is 0 Å². The minimum atomic E-state index is 0.231. The summed E-state index contributed by atoms with van der Waals surface area (Å²) in [6.45, 7) is 15.5. The predicted molar refractivity (Wildman–Crippen MR) is 75.0 cm³/mol. The molecule has 0 saturated carbocycles. The largest absolute Gasteiger partial charge is 0.379 e. The molecule has 4 nitrogen and oxygen atoms in total. The van der Waals surface area contributed by atoms with E-state index >= 15 is 0 Å². The Labute approximate surface area is 112 Å². The number of likely N-dealkylation sites (N-methyl/N-ethyl adjacent to an activating group) is 1. The molecule has 0 aromatic heterocycles. The first-order chi connectivity index (χ1) is 8.61. The highest BCUT2D eigenvalue weighted by molar-refractivity contribution is 4.89. The maximum Gasteiger partial charge on any atom is 0.0594 e. The molecule has 2 rings (SSSR count). The molecule has 0 amide bonds. The topological polar surface area (TPSA) is 27.7 Å². The Morgan fingerprint density at radius 2 is 1.94 bits per heavy atom. The summed E-state index contributed by atoms with van der Waals surface area (Å²) in [5.74, 6) is 0. The van der Waals surface area contributed by atoms with Crippen LogP contribution in [-0.4, -0.2) is 73.9 Å². The van der Waals surface area contributed by atoms with Crippen molar-refractivity contribution in [2.45, 2.75) is 38.8 Å². The summed E-state index contributed by atoms with van der Waals surface area (Å²) >= 11 is 0. The van der Waals surface area contributed by atoms with Crippen molar-refractivity contribution >= 4 is 0 Å². The maximum absolute atomic E-state index is 5.43. The second-order valence-electron chi connectivity index (χ2n) is 6.24. The first-order valence-corrected chi connectivity index (χ1v) is 7.40. The number of morpholine rings is 1. The lowest BCUT2D eigenvalue weighted by Gasteiger charge is -2.34. The zero-order valence-corrected chi connectivity index (χ0v) is 12.2. The van der Waals surface area contributed by atoms with Crippen LogP contribution in [0.15, 0.2) is 0 Å². The molecule has 106 valence electrons. The smallest absolute Gasteiger partial charge is 0.0594 e. The normalized spacial score (nSPS) is 27.8. The van der Waals surface area contributed by atoms with Crippen LogP contribution in [0.2, 0.25) is 0 Å². The molecule has 0 bridgehead atoms. The summed E-state index contributed by atoms with van der Waals surface area (Å²) in [7, 11) is 0. The molecule has 0 aromatic carbocycles. The van der Waals surface area contributed by atoms with Gasteiger partial charge >= 0.3 is 0 Å². The van der Waals surface area contributed by atoms with Crippen molar-refractivity contribution in [2.75, 3.05) is 52.5 Å². The maximum atomic E-state index is 5.43. The van der Waals surface area contributed by atoms with Gasteiger partial charge in [-0.15, -0.1) is 0 Å². The molecule has 1 atom stereocenters. The van der Waals surface area contributed by atoms with Crippen molar-refractivity contribution in [1.29, 1.82) is 0 Å². The van der Waals surface area contributed by atoms with Gasteiger partial charge in [0.15, 0.2) is 0 Å². The fourth-order valence-corrected chi connectivity index (χ4v) is 3.29. The van der Waals surface area contributed by atoms with Crippen molar-refractivity contribution in [2.24, 2.45) is 0 Å². The Bertz CT molecular complexity index is 251. The molecule has 2 aliphatic rings. The molecule has 4 heteroatoms. The molecule has 1 N–H and O–H groups in total. The van der Waals surface area contributed by atoms with E-state index in [4.69, 9.17) is 4.74 Å². The highest BCUT2D eigenvalue weighted by Gasteiger charge is 2.31. The molecule has 0 radical (unpaired) electrons. The van der Waals surface area contributed by atoms with Crippen molar-refractivity contribution in [3.63, 3.8) is 0 Å². The third-order valence-electron chi connectivity index (χ3n) is 4.08. The number of hydrogen-bond donors (Lipinski definition) is 1. The van der Waals surface area contributed by atoms with Crippen LogP contribution in [0.3, 0.4) is 0 Å². The minimum absolute atomic E-state index is 0.231. The van der Waals surface area contributed by atoms with Crippen LogP contribution >= 0.6 is 0 Å². The average molecular weight is 255 g/mol. The molecule has 2 heterocycles. The lowest BCUT2D eigenvalue weighted by atomic mass is 10.1. The highest BCUT2D eigenvalue weighted by atomic mass is 16.5. The minimum Gasteiger partial charge on any atom is -0.379 e.